The summed E-state index contributed by atoms with van der Waals surface area (Å²) in [5.74, 6) is 0.298. The molecule has 2 rings (SSSR count). The van der Waals surface area contributed by atoms with Crippen molar-refractivity contribution in [3.05, 3.63) is 34.3 Å². The summed E-state index contributed by atoms with van der Waals surface area (Å²) >= 11 is 3.48. The maximum atomic E-state index is 11.5. The highest BCUT2D eigenvalue weighted by Gasteiger charge is 2.19. The normalized spacial score (nSPS) is 17.2. The molecule has 1 aromatic carbocycles. The van der Waals surface area contributed by atoms with E-state index in [2.05, 4.69) is 40.3 Å². The number of benzene rings is 1. The Labute approximate surface area is 117 Å². The van der Waals surface area contributed by atoms with Gasteiger partial charge in [0.1, 0.15) is 0 Å². The van der Waals surface area contributed by atoms with E-state index in [1.54, 1.807) is 0 Å². The highest BCUT2D eigenvalue weighted by atomic mass is 79.9. The number of amides is 1. The van der Waals surface area contributed by atoms with Crippen LogP contribution in [0.4, 0.5) is 0 Å². The molecule has 4 heteroatoms. The summed E-state index contributed by atoms with van der Waals surface area (Å²) in [7, 11) is 0. The fourth-order valence-corrected chi connectivity index (χ4v) is 2.67. The van der Waals surface area contributed by atoms with Crippen molar-refractivity contribution in [1.29, 1.82) is 0 Å². The fourth-order valence-electron chi connectivity index (χ4n) is 2.25. The smallest absolute Gasteiger partial charge is 0.222 e. The second-order valence-electron chi connectivity index (χ2n) is 4.72. The Morgan fingerprint density at radius 2 is 2.33 bits per heavy atom. The molecule has 1 saturated heterocycles. The molecule has 0 spiro atoms. The van der Waals surface area contributed by atoms with E-state index in [0.717, 1.165) is 36.9 Å². The van der Waals surface area contributed by atoms with Gasteiger partial charge >= 0.3 is 0 Å². The Balaban J connectivity index is 1.78. The standard InChI is InChI=1S/C14H19BrN2O/c1-11(12-4-2-5-13(15)10-12)16-7-9-17-8-3-6-14(17)18/h2,4-5,10-11,16H,3,6-9H2,1H3/t11-/m0/s1. The first kappa shape index (κ1) is 13.6. The molecular formula is C14H19BrN2O. The van der Waals surface area contributed by atoms with Crippen molar-refractivity contribution in [2.24, 2.45) is 0 Å². The number of rotatable bonds is 5. The molecule has 98 valence electrons. The molecule has 0 saturated carbocycles. The van der Waals surface area contributed by atoms with Crippen LogP contribution in [0.2, 0.25) is 0 Å². The Morgan fingerprint density at radius 3 is 3.00 bits per heavy atom. The molecule has 0 unspecified atom stereocenters. The van der Waals surface area contributed by atoms with E-state index in [1.807, 2.05) is 17.0 Å². The van der Waals surface area contributed by atoms with Crippen LogP contribution in [0, 0.1) is 0 Å². The highest BCUT2D eigenvalue weighted by Crippen LogP contribution is 2.17. The van der Waals surface area contributed by atoms with Gasteiger partial charge in [-0.3, -0.25) is 4.79 Å². The van der Waals surface area contributed by atoms with E-state index in [-0.39, 0.29) is 0 Å². The van der Waals surface area contributed by atoms with Crippen LogP contribution >= 0.6 is 15.9 Å². The molecule has 1 N–H and O–H groups in total. The quantitative estimate of drug-likeness (QED) is 0.907. The molecule has 1 amide bonds. The molecule has 0 radical (unpaired) electrons. The molecular weight excluding hydrogens is 292 g/mol. The number of carbonyl (C=O) groups excluding carboxylic acids is 1. The molecule has 18 heavy (non-hydrogen) atoms. The van der Waals surface area contributed by atoms with E-state index < -0.39 is 0 Å². The van der Waals surface area contributed by atoms with Gasteiger partial charge in [-0.05, 0) is 31.0 Å². The van der Waals surface area contributed by atoms with Crippen LogP contribution in [0.15, 0.2) is 28.7 Å². The van der Waals surface area contributed by atoms with Crippen molar-refractivity contribution in [3.8, 4) is 0 Å². The number of nitrogens with one attached hydrogen (secondary N) is 1. The van der Waals surface area contributed by atoms with E-state index in [9.17, 15) is 4.79 Å². The summed E-state index contributed by atoms with van der Waals surface area (Å²) in [6.07, 6.45) is 1.74. The molecule has 1 fully saturated rings. The second kappa shape index (κ2) is 6.34. The Bertz CT molecular complexity index is 422. The van der Waals surface area contributed by atoms with Gasteiger partial charge in [0.15, 0.2) is 0 Å². The predicted octanol–water partition coefficient (Wildman–Crippen LogP) is 2.72. The van der Waals surface area contributed by atoms with Gasteiger partial charge in [0.25, 0.3) is 0 Å². The maximum Gasteiger partial charge on any atom is 0.222 e. The van der Waals surface area contributed by atoms with E-state index in [1.165, 1.54) is 5.56 Å². The minimum atomic E-state index is 0.298. The van der Waals surface area contributed by atoms with E-state index in [0.29, 0.717) is 11.9 Å². The molecule has 0 aliphatic carbocycles. The van der Waals surface area contributed by atoms with Gasteiger partial charge in [-0.25, -0.2) is 0 Å². The van der Waals surface area contributed by atoms with Gasteiger partial charge in [0, 0.05) is 36.6 Å². The number of carbonyl (C=O) groups is 1. The molecule has 0 aromatic heterocycles. The fraction of sp³-hybridized carbons (Fsp3) is 0.500. The number of halogens is 1. The molecule has 1 aliphatic rings. The first-order valence-corrected chi connectivity index (χ1v) is 7.23. The van der Waals surface area contributed by atoms with Crippen LogP contribution in [0.3, 0.4) is 0 Å². The summed E-state index contributed by atoms with van der Waals surface area (Å²) in [5.41, 5.74) is 1.26. The summed E-state index contributed by atoms with van der Waals surface area (Å²) in [4.78, 5) is 13.4. The topological polar surface area (TPSA) is 32.3 Å². The number of hydrogen-bond acceptors (Lipinski definition) is 2. The van der Waals surface area contributed by atoms with Crippen LogP contribution in [-0.2, 0) is 4.79 Å². The maximum absolute atomic E-state index is 11.5. The Morgan fingerprint density at radius 1 is 1.50 bits per heavy atom. The van der Waals surface area contributed by atoms with Gasteiger partial charge < -0.3 is 10.2 Å². The van der Waals surface area contributed by atoms with Gasteiger partial charge in [0.2, 0.25) is 5.91 Å². The van der Waals surface area contributed by atoms with E-state index >= 15 is 0 Å². The van der Waals surface area contributed by atoms with E-state index in [4.69, 9.17) is 0 Å². The zero-order valence-electron chi connectivity index (χ0n) is 10.7. The summed E-state index contributed by atoms with van der Waals surface area (Å²) in [6.45, 7) is 4.73. The van der Waals surface area contributed by atoms with Crippen molar-refractivity contribution < 1.29 is 4.79 Å². The average Bonchev–Trinajstić information content (AvgIpc) is 2.75. The van der Waals surface area contributed by atoms with Gasteiger partial charge in [0.05, 0.1) is 0 Å². The van der Waals surface area contributed by atoms with Crippen molar-refractivity contribution in [2.75, 3.05) is 19.6 Å². The summed E-state index contributed by atoms with van der Waals surface area (Å²) in [6, 6.07) is 8.61. The van der Waals surface area contributed by atoms with Crippen LogP contribution < -0.4 is 5.32 Å². The third kappa shape index (κ3) is 3.56. The third-order valence-corrected chi connectivity index (χ3v) is 3.85. The van der Waals surface area contributed by atoms with Crippen molar-refractivity contribution in [2.45, 2.75) is 25.8 Å². The average molecular weight is 311 g/mol. The Hall–Kier alpha value is -0.870. The van der Waals surface area contributed by atoms with Gasteiger partial charge in [-0.1, -0.05) is 28.1 Å². The Kier molecular flexibility index (Phi) is 4.78. The van der Waals surface area contributed by atoms with Crippen LogP contribution in [0.25, 0.3) is 0 Å². The lowest BCUT2D eigenvalue weighted by molar-refractivity contribution is -0.127. The van der Waals surface area contributed by atoms with Crippen molar-refractivity contribution in [1.82, 2.24) is 10.2 Å². The van der Waals surface area contributed by atoms with Gasteiger partial charge in [-0.2, -0.15) is 0 Å². The molecule has 0 bridgehead atoms. The lowest BCUT2D eigenvalue weighted by Gasteiger charge is -2.19. The zero-order chi connectivity index (χ0) is 13.0. The van der Waals surface area contributed by atoms with Crippen molar-refractivity contribution in [3.63, 3.8) is 0 Å². The van der Waals surface area contributed by atoms with Crippen LogP contribution in [0.1, 0.15) is 31.4 Å². The minimum absolute atomic E-state index is 0.298. The molecule has 1 heterocycles. The van der Waals surface area contributed by atoms with Crippen molar-refractivity contribution >= 4 is 21.8 Å². The zero-order valence-corrected chi connectivity index (χ0v) is 12.2. The molecule has 1 atom stereocenters. The van der Waals surface area contributed by atoms with Crippen LogP contribution in [-0.4, -0.2) is 30.4 Å². The predicted molar refractivity (Wildman–Crippen MR) is 76.4 cm³/mol. The number of nitrogens with zero attached hydrogens (tertiary/aromatic N) is 1. The first-order chi connectivity index (χ1) is 8.66. The lowest BCUT2D eigenvalue weighted by Crippen LogP contribution is -2.33. The van der Waals surface area contributed by atoms with Gasteiger partial charge in [-0.15, -0.1) is 0 Å². The largest absolute Gasteiger partial charge is 0.341 e. The third-order valence-electron chi connectivity index (χ3n) is 3.35. The molecule has 1 aliphatic heterocycles. The number of hydrogen-bond donors (Lipinski definition) is 1. The first-order valence-electron chi connectivity index (χ1n) is 6.43. The summed E-state index contributed by atoms with van der Waals surface area (Å²) < 4.78 is 1.10. The lowest BCUT2D eigenvalue weighted by atomic mass is 10.1. The molecule has 3 nitrogen and oxygen atoms in total. The molecule has 1 aromatic rings. The second-order valence-corrected chi connectivity index (χ2v) is 5.63. The summed E-state index contributed by atoms with van der Waals surface area (Å²) in [5, 5.41) is 3.46. The highest BCUT2D eigenvalue weighted by molar-refractivity contribution is 9.10. The number of likely N-dealkylation sites (tertiary alicyclic amines) is 1. The van der Waals surface area contributed by atoms with Crippen LogP contribution in [0.5, 0.6) is 0 Å². The minimum Gasteiger partial charge on any atom is -0.341 e. The monoisotopic (exact) mass is 310 g/mol. The SMILES string of the molecule is C[C@H](NCCN1CCCC1=O)c1cccc(Br)c1.